The largest absolute Gasteiger partial charge is 0.271 e. The number of aromatic nitrogens is 1. The van der Waals surface area contributed by atoms with Crippen LogP contribution in [-0.4, -0.2) is 4.98 Å². The van der Waals surface area contributed by atoms with E-state index in [2.05, 4.69) is 53.7 Å². The van der Waals surface area contributed by atoms with Crippen molar-refractivity contribution >= 4 is 0 Å². The standard InChI is InChI=1S/C16H21N3/c1-11-5-4-6-14(7-11)10-16(19-17)15-8-12(2)18-13(3)9-15/h4-9,16,19H,10,17H2,1-3H3. The highest BCUT2D eigenvalue weighted by Crippen LogP contribution is 2.19. The van der Waals surface area contributed by atoms with Crippen LogP contribution in [0.5, 0.6) is 0 Å². The van der Waals surface area contributed by atoms with Crippen molar-refractivity contribution in [2.24, 2.45) is 5.84 Å². The van der Waals surface area contributed by atoms with E-state index < -0.39 is 0 Å². The van der Waals surface area contributed by atoms with Crippen molar-refractivity contribution in [2.45, 2.75) is 33.2 Å². The van der Waals surface area contributed by atoms with E-state index >= 15 is 0 Å². The van der Waals surface area contributed by atoms with Gasteiger partial charge in [-0.05, 0) is 50.5 Å². The summed E-state index contributed by atoms with van der Waals surface area (Å²) < 4.78 is 0. The SMILES string of the molecule is Cc1cccc(CC(NN)c2cc(C)nc(C)c2)c1. The van der Waals surface area contributed by atoms with Crippen molar-refractivity contribution in [3.8, 4) is 0 Å². The molecule has 0 radical (unpaired) electrons. The van der Waals surface area contributed by atoms with Gasteiger partial charge in [-0.3, -0.25) is 16.3 Å². The Kier molecular flexibility index (Phi) is 4.30. The molecule has 1 aromatic heterocycles. The zero-order valence-electron chi connectivity index (χ0n) is 11.8. The van der Waals surface area contributed by atoms with Crippen LogP contribution in [0.15, 0.2) is 36.4 Å². The second-order valence-electron chi connectivity index (χ2n) is 5.10. The van der Waals surface area contributed by atoms with E-state index in [1.165, 1.54) is 16.7 Å². The molecule has 0 saturated heterocycles. The highest BCUT2D eigenvalue weighted by molar-refractivity contribution is 5.28. The first-order valence-electron chi connectivity index (χ1n) is 6.55. The number of aryl methyl sites for hydroxylation is 3. The van der Waals surface area contributed by atoms with Gasteiger partial charge in [-0.25, -0.2) is 0 Å². The molecule has 1 aromatic carbocycles. The molecule has 0 amide bonds. The molecule has 3 N–H and O–H groups in total. The van der Waals surface area contributed by atoms with Crippen LogP contribution in [-0.2, 0) is 6.42 Å². The monoisotopic (exact) mass is 255 g/mol. The number of hydrazine groups is 1. The summed E-state index contributed by atoms with van der Waals surface area (Å²) in [5.74, 6) is 5.72. The van der Waals surface area contributed by atoms with Crippen molar-refractivity contribution in [1.29, 1.82) is 0 Å². The van der Waals surface area contributed by atoms with Gasteiger partial charge in [0.1, 0.15) is 0 Å². The first-order valence-corrected chi connectivity index (χ1v) is 6.55. The minimum absolute atomic E-state index is 0.113. The van der Waals surface area contributed by atoms with Gasteiger partial charge in [0.05, 0.1) is 6.04 Å². The zero-order valence-corrected chi connectivity index (χ0v) is 11.8. The summed E-state index contributed by atoms with van der Waals surface area (Å²) in [6, 6.07) is 12.8. The molecule has 3 heteroatoms. The minimum atomic E-state index is 0.113. The third kappa shape index (κ3) is 3.63. The maximum atomic E-state index is 5.72. The van der Waals surface area contributed by atoms with E-state index in [4.69, 9.17) is 5.84 Å². The lowest BCUT2D eigenvalue weighted by Gasteiger charge is -2.17. The molecule has 3 nitrogen and oxygen atoms in total. The molecule has 0 aliphatic carbocycles. The molecule has 0 fully saturated rings. The topological polar surface area (TPSA) is 50.9 Å². The molecular formula is C16H21N3. The van der Waals surface area contributed by atoms with Crippen LogP contribution in [0.25, 0.3) is 0 Å². The van der Waals surface area contributed by atoms with E-state index in [-0.39, 0.29) is 6.04 Å². The van der Waals surface area contributed by atoms with Crippen LogP contribution in [0.4, 0.5) is 0 Å². The van der Waals surface area contributed by atoms with Crippen LogP contribution in [0, 0.1) is 20.8 Å². The lowest BCUT2D eigenvalue weighted by atomic mass is 9.98. The second kappa shape index (κ2) is 5.95. The molecule has 1 heterocycles. The van der Waals surface area contributed by atoms with Crippen molar-refractivity contribution in [2.75, 3.05) is 0 Å². The van der Waals surface area contributed by atoms with E-state index in [1.807, 2.05) is 13.8 Å². The van der Waals surface area contributed by atoms with E-state index in [0.29, 0.717) is 0 Å². The summed E-state index contributed by atoms with van der Waals surface area (Å²) in [4.78, 5) is 4.40. The summed E-state index contributed by atoms with van der Waals surface area (Å²) in [5.41, 5.74) is 8.72. The first kappa shape index (κ1) is 13.7. The summed E-state index contributed by atoms with van der Waals surface area (Å²) in [7, 11) is 0. The molecule has 0 bridgehead atoms. The van der Waals surface area contributed by atoms with Crippen LogP contribution in [0.2, 0.25) is 0 Å². The lowest BCUT2D eigenvalue weighted by Crippen LogP contribution is -2.29. The normalized spacial score (nSPS) is 12.4. The summed E-state index contributed by atoms with van der Waals surface area (Å²) in [5, 5.41) is 0. The molecule has 0 saturated carbocycles. The smallest absolute Gasteiger partial charge is 0.0501 e. The fraction of sp³-hybridized carbons (Fsp3) is 0.312. The molecule has 0 spiro atoms. The maximum Gasteiger partial charge on any atom is 0.0501 e. The molecule has 100 valence electrons. The van der Waals surface area contributed by atoms with Gasteiger partial charge in [0.15, 0.2) is 0 Å². The Labute approximate surface area is 114 Å². The lowest BCUT2D eigenvalue weighted by molar-refractivity contribution is 0.550. The van der Waals surface area contributed by atoms with E-state index in [9.17, 15) is 0 Å². The Morgan fingerprint density at radius 3 is 2.37 bits per heavy atom. The molecule has 1 unspecified atom stereocenters. The van der Waals surface area contributed by atoms with Gasteiger partial charge < -0.3 is 0 Å². The average molecular weight is 255 g/mol. The molecule has 0 aliphatic rings. The predicted octanol–water partition coefficient (Wildman–Crippen LogP) is 2.75. The number of nitrogens with zero attached hydrogens (tertiary/aromatic N) is 1. The number of nitrogens with one attached hydrogen (secondary N) is 1. The highest BCUT2D eigenvalue weighted by atomic mass is 15.2. The van der Waals surface area contributed by atoms with Crippen molar-refractivity contribution < 1.29 is 0 Å². The number of benzene rings is 1. The highest BCUT2D eigenvalue weighted by Gasteiger charge is 2.12. The van der Waals surface area contributed by atoms with E-state index in [1.54, 1.807) is 0 Å². The molecule has 0 aliphatic heterocycles. The maximum absolute atomic E-state index is 5.72. The van der Waals surface area contributed by atoms with Crippen molar-refractivity contribution in [3.63, 3.8) is 0 Å². The zero-order chi connectivity index (χ0) is 13.8. The fourth-order valence-electron chi connectivity index (χ4n) is 2.42. The fourth-order valence-corrected chi connectivity index (χ4v) is 2.42. The van der Waals surface area contributed by atoms with Crippen molar-refractivity contribution in [3.05, 3.63) is 64.5 Å². The Morgan fingerprint density at radius 1 is 1.11 bits per heavy atom. The first-order chi connectivity index (χ1) is 9.08. The van der Waals surface area contributed by atoms with Gasteiger partial charge in [-0.15, -0.1) is 0 Å². The van der Waals surface area contributed by atoms with Crippen LogP contribution >= 0.6 is 0 Å². The summed E-state index contributed by atoms with van der Waals surface area (Å²) in [6.07, 6.45) is 0.876. The molecule has 2 rings (SSSR count). The van der Waals surface area contributed by atoms with Crippen LogP contribution in [0.3, 0.4) is 0 Å². The number of rotatable bonds is 4. The Bertz CT molecular complexity index is 543. The van der Waals surface area contributed by atoms with Gasteiger partial charge in [-0.2, -0.15) is 0 Å². The molecule has 2 aromatic rings. The predicted molar refractivity (Wildman–Crippen MR) is 78.7 cm³/mol. The Morgan fingerprint density at radius 2 is 1.79 bits per heavy atom. The van der Waals surface area contributed by atoms with Crippen molar-refractivity contribution in [1.82, 2.24) is 10.4 Å². The third-order valence-electron chi connectivity index (χ3n) is 3.23. The molecule has 1 atom stereocenters. The van der Waals surface area contributed by atoms with Gasteiger partial charge in [-0.1, -0.05) is 29.8 Å². The quantitative estimate of drug-likeness (QED) is 0.652. The second-order valence-corrected chi connectivity index (χ2v) is 5.10. The Balaban J connectivity index is 2.24. The summed E-state index contributed by atoms with van der Waals surface area (Å²) >= 11 is 0. The number of nitrogens with two attached hydrogens (primary N) is 1. The van der Waals surface area contributed by atoms with Gasteiger partial charge in [0.25, 0.3) is 0 Å². The summed E-state index contributed by atoms with van der Waals surface area (Å²) in [6.45, 7) is 6.13. The third-order valence-corrected chi connectivity index (χ3v) is 3.23. The average Bonchev–Trinajstić information content (AvgIpc) is 2.34. The van der Waals surface area contributed by atoms with E-state index in [0.717, 1.165) is 17.8 Å². The number of hydrogen-bond donors (Lipinski definition) is 2. The molecular weight excluding hydrogens is 234 g/mol. The van der Waals surface area contributed by atoms with Crippen LogP contribution < -0.4 is 11.3 Å². The number of hydrogen-bond acceptors (Lipinski definition) is 3. The Hall–Kier alpha value is -1.71. The molecule has 19 heavy (non-hydrogen) atoms. The van der Waals surface area contributed by atoms with Gasteiger partial charge in [0.2, 0.25) is 0 Å². The van der Waals surface area contributed by atoms with Gasteiger partial charge in [0, 0.05) is 11.4 Å². The van der Waals surface area contributed by atoms with Gasteiger partial charge >= 0.3 is 0 Å². The number of pyridine rings is 1. The minimum Gasteiger partial charge on any atom is -0.271 e. The van der Waals surface area contributed by atoms with Crippen LogP contribution in [0.1, 0.15) is 34.1 Å².